The van der Waals surface area contributed by atoms with Crippen LogP contribution in [0.2, 0.25) is 0 Å². The van der Waals surface area contributed by atoms with E-state index < -0.39 is 0 Å². The predicted molar refractivity (Wildman–Crippen MR) is 68.1 cm³/mol. The molecule has 0 bridgehead atoms. The molecule has 0 saturated carbocycles. The number of nitriles is 1. The number of anilines is 1. The Kier molecular flexibility index (Phi) is 3.35. The van der Waals surface area contributed by atoms with Gasteiger partial charge in [0.2, 0.25) is 0 Å². The minimum atomic E-state index is 0.221. The highest BCUT2D eigenvalue weighted by molar-refractivity contribution is 5.61. The maximum absolute atomic E-state index is 9.22. The van der Waals surface area contributed by atoms with E-state index in [1.54, 1.807) is 0 Å². The smallest absolute Gasteiger partial charge is 0.101 e. The highest BCUT2D eigenvalue weighted by Gasteiger charge is 2.25. The minimum absolute atomic E-state index is 0.221. The fourth-order valence-electron chi connectivity index (χ4n) is 2.23. The third-order valence-corrected chi connectivity index (χ3v) is 3.19. The van der Waals surface area contributed by atoms with Crippen LogP contribution in [0.4, 0.5) is 5.69 Å². The van der Waals surface area contributed by atoms with Crippen LogP contribution in [0.3, 0.4) is 0 Å². The van der Waals surface area contributed by atoms with Crippen molar-refractivity contribution in [2.75, 3.05) is 18.1 Å². The van der Waals surface area contributed by atoms with Crippen molar-refractivity contribution >= 4 is 5.69 Å². The van der Waals surface area contributed by atoms with E-state index in [4.69, 9.17) is 4.74 Å². The average molecular weight is 230 g/mol. The van der Waals surface area contributed by atoms with E-state index in [0.717, 1.165) is 30.0 Å². The summed E-state index contributed by atoms with van der Waals surface area (Å²) in [5.41, 5.74) is 2.91. The van der Waals surface area contributed by atoms with Crippen LogP contribution in [0.15, 0.2) is 18.2 Å². The van der Waals surface area contributed by atoms with Gasteiger partial charge in [-0.25, -0.2) is 0 Å². The molecule has 1 aromatic rings. The summed E-state index contributed by atoms with van der Waals surface area (Å²) >= 11 is 0. The van der Waals surface area contributed by atoms with Gasteiger partial charge in [0.25, 0.3) is 0 Å². The lowest BCUT2D eigenvalue weighted by Crippen LogP contribution is -2.47. The summed E-state index contributed by atoms with van der Waals surface area (Å²) in [6.07, 6.45) is 0.221. The summed E-state index contributed by atoms with van der Waals surface area (Å²) in [6, 6.07) is 8.66. The summed E-state index contributed by atoms with van der Waals surface area (Å²) < 4.78 is 5.61. The molecule has 0 radical (unpaired) electrons. The summed E-state index contributed by atoms with van der Waals surface area (Å²) in [4.78, 5) is 2.27. The van der Waals surface area contributed by atoms with Crippen molar-refractivity contribution < 1.29 is 4.74 Å². The monoisotopic (exact) mass is 230 g/mol. The van der Waals surface area contributed by atoms with Crippen molar-refractivity contribution in [3.05, 3.63) is 29.3 Å². The number of nitrogens with zero attached hydrogens (tertiary/aromatic N) is 2. The third-order valence-electron chi connectivity index (χ3n) is 3.19. The first-order valence-corrected chi connectivity index (χ1v) is 6.01. The zero-order valence-electron chi connectivity index (χ0n) is 10.6. The van der Waals surface area contributed by atoms with Gasteiger partial charge >= 0.3 is 0 Å². The first-order valence-electron chi connectivity index (χ1n) is 6.01. The lowest BCUT2D eigenvalue weighted by Gasteiger charge is -2.39. The number of morpholine rings is 1. The van der Waals surface area contributed by atoms with E-state index in [-0.39, 0.29) is 6.10 Å². The molecule has 2 rings (SSSR count). The van der Waals surface area contributed by atoms with Gasteiger partial charge in [0.1, 0.15) is 6.07 Å². The molecule has 0 amide bonds. The van der Waals surface area contributed by atoms with Gasteiger partial charge in [-0.15, -0.1) is 0 Å². The van der Waals surface area contributed by atoms with Gasteiger partial charge in [0.05, 0.1) is 24.0 Å². The van der Waals surface area contributed by atoms with Gasteiger partial charge in [-0.2, -0.15) is 5.26 Å². The molecule has 1 saturated heterocycles. The van der Waals surface area contributed by atoms with Crippen LogP contribution >= 0.6 is 0 Å². The highest BCUT2D eigenvalue weighted by Crippen LogP contribution is 2.26. The lowest BCUT2D eigenvalue weighted by atomic mass is 10.1. The fraction of sp³-hybridized carbons (Fsp3) is 0.500. The molecular formula is C14H18N2O. The Morgan fingerprint density at radius 1 is 1.41 bits per heavy atom. The van der Waals surface area contributed by atoms with Crippen molar-refractivity contribution in [2.24, 2.45) is 0 Å². The van der Waals surface area contributed by atoms with Gasteiger partial charge < -0.3 is 9.64 Å². The molecule has 1 heterocycles. The topological polar surface area (TPSA) is 36.3 Å². The van der Waals surface area contributed by atoms with Crippen LogP contribution in [-0.2, 0) is 4.74 Å². The minimum Gasteiger partial charge on any atom is -0.375 e. The van der Waals surface area contributed by atoms with Crippen molar-refractivity contribution in [1.29, 1.82) is 5.26 Å². The molecule has 3 heteroatoms. The largest absolute Gasteiger partial charge is 0.375 e. The number of aryl methyl sites for hydroxylation is 1. The van der Waals surface area contributed by atoms with Gasteiger partial charge in [-0.1, -0.05) is 6.07 Å². The number of hydrogen-bond acceptors (Lipinski definition) is 3. The van der Waals surface area contributed by atoms with Crippen LogP contribution in [-0.4, -0.2) is 25.3 Å². The molecule has 1 aliphatic heterocycles. The predicted octanol–water partition coefficient (Wildman–Crippen LogP) is 2.48. The fourth-order valence-corrected chi connectivity index (χ4v) is 2.23. The normalized spacial score (nSPS) is 24.5. The van der Waals surface area contributed by atoms with Gasteiger partial charge in [0.15, 0.2) is 0 Å². The molecule has 90 valence electrons. The van der Waals surface area contributed by atoms with E-state index in [0.29, 0.717) is 6.04 Å². The number of rotatable bonds is 1. The molecule has 0 aromatic heterocycles. The summed E-state index contributed by atoms with van der Waals surface area (Å²) in [7, 11) is 0. The molecule has 0 aliphatic carbocycles. The van der Waals surface area contributed by atoms with Crippen LogP contribution in [0.25, 0.3) is 0 Å². The molecule has 1 aromatic carbocycles. The molecule has 1 fully saturated rings. The third kappa shape index (κ3) is 2.42. The second kappa shape index (κ2) is 4.77. The Hall–Kier alpha value is -1.53. The number of benzene rings is 1. The van der Waals surface area contributed by atoms with Crippen molar-refractivity contribution in [2.45, 2.75) is 32.9 Å². The van der Waals surface area contributed by atoms with Gasteiger partial charge in [-0.05, 0) is 38.5 Å². The maximum atomic E-state index is 9.22. The Bertz CT molecular complexity index is 450. The van der Waals surface area contributed by atoms with Crippen molar-refractivity contribution in [1.82, 2.24) is 0 Å². The maximum Gasteiger partial charge on any atom is 0.101 e. The Balaban J connectivity index is 2.35. The SMILES string of the molecule is Cc1ccc(N2CC(C)OCC2C)c(C#N)c1. The van der Waals surface area contributed by atoms with Crippen molar-refractivity contribution in [3.63, 3.8) is 0 Å². The zero-order valence-corrected chi connectivity index (χ0v) is 10.6. The second-order valence-electron chi connectivity index (χ2n) is 4.78. The van der Waals surface area contributed by atoms with E-state index in [2.05, 4.69) is 30.9 Å². The molecular weight excluding hydrogens is 212 g/mol. The molecule has 1 aliphatic rings. The first-order chi connectivity index (χ1) is 8.11. The van der Waals surface area contributed by atoms with E-state index in [1.807, 2.05) is 19.1 Å². The van der Waals surface area contributed by atoms with Crippen LogP contribution < -0.4 is 4.90 Å². The first kappa shape index (κ1) is 11.9. The van der Waals surface area contributed by atoms with Crippen LogP contribution in [0.1, 0.15) is 25.0 Å². The summed E-state index contributed by atoms with van der Waals surface area (Å²) in [6.45, 7) is 7.78. The summed E-state index contributed by atoms with van der Waals surface area (Å²) in [5, 5.41) is 9.22. The Morgan fingerprint density at radius 3 is 2.88 bits per heavy atom. The second-order valence-corrected chi connectivity index (χ2v) is 4.78. The molecule has 17 heavy (non-hydrogen) atoms. The Morgan fingerprint density at radius 2 is 2.18 bits per heavy atom. The lowest BCUT2D eigenvalue weighted by molar-refractivity contribution is 0.0343. The molecule has 0 N–H and O–H groups in total. The van der Waals surface area contributed by atoms with E-state index >= 15 is 0 Å². The zero-order chi connectivity index (χ0) is 12.4. The highest BCUT2D eigenvalue weighted by atomic mass is 16.5. The molecule has 2 atom stereocenters. The molecule has 3 nitrogen and oxygen atoms in total. The quantitative estimate of drug-likeness (QED) is 0.743. The van der Waals surface area contributed by atoms with Gasteiger partial charge in [0, 0.05) is 12.6 Å². The average Bonchev–Trinajstić information content (AvgIpc) is 2.32. The van der Waals surface area contributed by atoms with Crippen LogP contribution in [0.5, 0.6) is 0 Å². The van der Waals surface area contributed by atoms with E-state index in [1.165, 1.54) is 0 Å². The summed E-state index contributed by atoms with van der Waals surface area (Å²) in [5.74, 6) is 0. The number of hydrogen-bond donors (Lipinski definition) is 0. The van der Waals surface area contributed by atoms with E-state index in [9.17, 15) is 5.26 Å². The molecule has 0 spiro atoms. The standard InChI is InChI=1S/C14H18N2O/c1-10-4-5-14(13(6-10)7-15)16-8-12(3)17-9-11(16)2/h4-6,11-12H,8-9H2,1-3H3. The van der Waals surface area contributed by atoms with Crippen LogP contribution in [0, 0.1) is 18.3 Å². The Labute approximate surface area is 103 Å². The number of ether oxygens (including phenoxy) is 1. The van der Waals surface area contributed by atoms with Gasteiger partial charge in [-0.3, -0.25) is 0 Å². The van der Waals surface area contributed by atoms with Crippen molar-refractivity contribution in [3.8, 4) is 6.07 Å². The molecule has 2 unspecified atom stereocenters.